The van der Waals surface area contributed by atoms with Crippen LogP contribution in [-0.2, 0) is 6.67 Å². The van der Waals surface area contributed by atoms with Crippen LogP contribution >= 0.6 is 15.9 Å². The smallest absolute Gasteiger partial charge is 0.129 e. The van der Waals surface area contributed by atoms with Crippen LogP contribution in [0.5, 0.6) is 5.75 Å². The van der Waals surface area contributed by atoms with E-state index in [1.807, 2.05) is 0 Å². The van der Waals surface area contributed by atoms with Crippen LogP contribution in [0.25, 0.3) is 0 Å². The molecule has 0 saturated carbocycles. The van der Waals surface area contributed by atoms with Gasteiger partial charge in [0.15, 0.2) is 0 Å². The van der Waals surface area contributed by atoms with Crippen molar-refractivity contribution in [1.29, 1.82) is 0 Å². The Kier molecular flexibility index (Phi) is 2.27. The van der Waals surface area contributed by atoms with Crippen LogP contribution in [-0.4, -0.2) is 5.11 Å². The minimum atomic E-state index is -0.501. The molecule has 54 valence electrons. The summed E-state index contributed by atoms with van der Waals surface area (Å²) < 4.78 is 12.5. The van der Waals surface area contributed by atoms with Crippen molar-refractivity contribution < 1.29 is 9.50 Å². The molecule has 0 radical (unpaired) electrons. The van der Waals surface area contributed by atoms with Crippen LogP contribution in [0, 0.1) is 0 Å². The summed E-state index contributed by atoms with van der Waals surface area (Å²) in [5, 5.41) is 8.97. The fourth-order valence-corrected chi connectivity index (χ4v) is 1.06. The van der Waals surface area contributed by atoms with Gasteiger partial charge in [0, 0.05) is 0 Å². The third-order valence-corrected chi connectivity index (χ3v) is 1.80. The predicted octanol–water partition coefficient (Wildman–Crippen LogP) is 2.62. The average Bonchev–Trinajstić information content (AvgIpc) is 1.95. The number of hydrogen-bond acceptors (Lipinski definition) is 1. The monoisotopic (exact) mass is 204 g/mol. The lowest BCUT2D eigenvalue weighted by atomic mass is 10.2. The molecular weight excluding hydrogens is 199 g/mol. The minimum Gasteiger partial charge on any atom is -0.507 e. The van der Waals surface area contributed by atoms with Gasteiger partial charge in [-0.1, -0.05) is 6.07 Å². The number of phenols is 1. The highest BCUT2D eigenvalue weighted by atomic mass is 79.9. The zero-order chi connectivity index (χ0) is 7.56. The SMILES string of the molecule is Oc1ccc(CF)cc1Br. The van der Waals surface area contributed by atoms with Crippen molar-refractivity contribution in [2.75, 3.05) is 0 Å². The van der Waals surface area contributed by atoms with Crippen LogP contribution in [0.4, 0.5) is 4.39 Å². The lowest BCUT2D eigenvalue weighted by Gasteiger charge is -1.97. The number of alkyl halides is 1. The highest BCUT2D eigenvalue weighted by molar-refractivity contribution is 9.10. The van der Waals surface area contributed by atoms with Crippen molar-refractivity contribution in [1.82, 2.24) is 0 Å². The number of aromatic hydroxyl groups is 1. The van der Waals surface area contributed by atoms with Gasteiger partial charge in [-0.05, 0) is 33.6 Å². The lowest BCUT2D eigenvalue weighted by molar-refractivity contribution is 0.467. The summed E-state index contributed by atoms with van der Waals surface area (Å²) in [6, 6.07) is 4.55. The topological polar surface area (TPSA) is 20.2 Å². The summed E-state index contributed by atoms with van der Waals surface area (Å²) in [7, 11) is 0. The van der Waals surface area contributed by atoms with Crippen molar-refractivity contribution in [2.45, 2.75) is 6.67 Å². The Morgan fingerprint density at radius 2 is 2.20 bits per heavy atom. The quantitative estimate of drug-likeness (QED) is 0.746. The van der Waals surface area contributed by atoms with E-state index in [2.05, 4.69) is 15.9 Å². The largest absolute Gasteiger partial charge is 0.507 e. The van der Waals surface area contributed by atoms with Gasteiger partial charge in [0.05, 0.1) is 4.47 Å². The lowest BCUT2D eigenvalue weighted by Crippen LogP contribution is -1.77. The van der Waals surface area contributed by atoms with Gasteiger partial charge in [0.25, 0.3) is 0 Å². The van der Waals surface area contributed by atoms with Crippen molar-refractivity contribution in [3.63, 3.8) is 0 Å². The number of hydrogen-bond donors (Lipinski definition) is 1. The second-order valence-corrected chi connectivity index (χ2v) is 2.77. The Labute approximate surface area is 66.6 Å². The minimum absolute atomic E-state index is 0.136. The molecule has 0 aliphatic carbocycles. The van der Waals surface area contributed by atoms with Crippen LogP contribution in [0.2, 0.25) is 0 Å². The third kappa shape index (κ3) is 1.48. The third-order valence-electron chi connectivity index (χ3n) is 1.17. The zero-order valence-electron chi connectivity index (χ0n) is 5.14. The molecule has 1 rings (SSSR count). The van der Waals surface area contributed by atoms with E-state index >= 15 is 0 Å². The Morgan fingerprint density at radius 3 is 2.70 bits per heavy atom. The van der Waals surface area contributed by atoms with Gasteiger partial charge < -0.3 is 5.11 Å². The Balaban J connectivity index is 3.04. The van der Waals surface area contributed by atoms with E-state index < -0.39 is 6.67 Å². The Bertz CT molecular complexity index is 237. The molecule has 0 aromatic heterocycles. The van der Waals surface area contributed by atoms with Gasteiger partial charge in [-0.15, -0.1) is 0 Å². The normalized spacial score (nSPS) is 9.80. The summed E-state index contributed by atoms with van der Waals surface area (Å²) in [5.41, 5.74) is 0.560. The summed E-state index contributed by atoms with van der Waals surface area (Å²) in [4.78, 5) is 0. The predicted molar refractivity (Wildman–Crippen MR) is 40.6 cm³/mol. The van der Waals surface area contributed by atoms with Crippen molar-refractivity contribution >= 4 is 15.9 Å². The maximum atomic E-state index is 11.9. The summed E-state index contributed by atoms with van der Waals surface area (Å²) >= 11 is 3.07. The molecule has 0 fully saturated rings. The number of phenolic OH excluding ortho intramolecular Hbond substituents is 1. The number of benzene rings is 1. The molecular formula is C7H6BrFO. The van der Waals surface area contributed by atoms with E-state index in [-0.39, 0.29) is 5.75 Å². The molecule has 0 atom stereocenters. The fraction of sp³-hybridized carbons (Fsp3) is 0.143. The van der Waals surface area contributed by atoms with Gasteiger partial charge in [-0.25, -0.2) is 4.39 Å². The first-order chi connectivity index (χ1) is 4.74. The Morgan fingerprint density at radius 1 is 1.50 bits per heavy atom. The molecule has 1 aromatic rings. The molecule has 0 bridgehead atoms. The summed E-state index contributed by atoms with van der Waals surface area (Å²) in [6.07, 6.45) is 0. The zero-order valence-corrected chi connectivity index (χ0v) is 6.73. The van der Waals surface area contributed by atoms with Crippen molar-refractivity contribution in [3.05, 3.63) is 28.2 Å². The molecule has 0 spiro atoms. The number of halogens is 2. The molecule has 0 saturated heterocycles. The molecule has 3 heteroatoms. The first-order valence-electron chi connectivity index (χ1n) is 2.77. The van der Waals surface area contributed by atoms with Gasteiger partial charge in [-0.2, -0.15) is 0 Å². The molecule has 0 heterocycles. The fourth-order valence-electron chi connectivity index (χ4n) is 0.634. The molecule has 10 heavy (non-hydrogen) atoms. The maximum absolute atomic E-state index is 11.9. The van der Waals surface area contributed by atoms with Gasteiger partial charge >= 0.3 is 0 Å². The van der Waals surface area contributed by atoms with E-state index in [1.165, 1.54) is 6.07 Å². The Hall–Kier alpha value is -0.570. The van der Waals surface area contributed by atoms with Crippen LogP contribution in [0.15, 0.2) is 22.7 Å². The highest BCUT2D eigenvalue weighted by Crippen LogP contribution is 2.24. The van der Waals surface area contributed by atoms with E-state index in [0.29, 0.717) is 10.0 Å². The molecule has 1 nitrogen and oxygen atoms in total. The van der Waals surface area contributed by atoms with E-state index in [9.17, 15) is 4.39 Å². The summed E-state index contributed by atoms with van der Waals surface area (Å²) in [5.74, 6) is 0.136. The van der Waals surface area contributed by atoms with Crippen LogP contribution < -0.4 is 0 Å². The standard InChI is InChI=1S/C7H6BrFO/c8-6-3-5(4-9)1-2-7(6)10/h1-3,10H,4H2. The van der Waals surface area contributed by atoms with Crippen molar-refractivity contribution in [2.24, 2.45) is 0 Å². The van der Waals surface area contributed by atoms with E-state index in [1.54, 1.807) is 12.1 Å². The molecule has 0 aliphatic rings. The molecule has 1 aromatic carbocycles. The van der Waals surface area contributed by atoms with E-state index in [4.69, 9.17) is 5.11 Å². The average molecular weight is 205 g/mol. The highest BCUT2D eigenvalue weighted by Gasteiger charge is 1.97. The van der Waals surface area contributed by atoms with Crippen LogP contribution in [0.3, 0.4) is 0 Å². The van der Waals surface area contributed by atoms with Crippen LogP contribution in [0.1, 0.15) is 5.56 Å². The maximum Gasteiger partial charge on any atom is 0.129 e. The second kappa shape index (κ2) is 3.01. The first kappa shape index (κ1) is 7.54. The molecule has 0 aliphatic heterocycles. The van der Waals surface area contributed by atoms with Crippen molar-refractivity contribution in [3.8, 4) is 5.75 Å². The van der Waals surface area contributed by atoms with Gasteiger partial charge in [0.1, 0.15) is 12.4 Å². The van der Waals surface area contributed by atoms with E-state index in [0.717, 1.165) is 0 Å². The molecule has 0 unspecified atom stereocenters. The summed E-state index contributed by atoms with van der Waals surface area (Å²) in [6.45, 7) is -0.501. The molecule has 1 N–H and O–H groups in total. The number of rotatable bonds is 1. The van der Waals surface area contributed by atoms with Gasteiger partial charge in [-0.3, -0.25) is 0 Å². The van der Waals surface area contributed by atoms with Gasteiger partial charge in [0.2, 0.25) is 0 Å². The molecule has 0 amide bonds. The first-order valence-corrected chi connectivity index (χ1v) is 3.56. The second-order valence-electron chi connectivity index (χ2n) is 1.92.